The SMILES string of the molecule is C=C(/C=C(/CC)C(=C)C(C)CCC(C)CC)OC. The molecule has 0 aromatic carbocycles. The Hall–Kier alpha value is -0.980. The molecule has 0 radical (unpaired) electrons. The van der Waals surface area contributed by atoms with Crippen LogP contribution in [0.1, 0.15) is 53.4 Å². The van der Waals surface area contributed by atoms with Gasteiger partial charge >= 0.3 is 0 Å². The lowest BCUT2D eigenvalue weighted by Crippen LogP contribution is -2.04. The molecule has 0 amide bonds. The van der Waals surface area contributed by atoms with Crippen LogP contribution in [0.3, 0.4) is 0 Å². The molecule has 0 saturated carbocycles. The molecule has 0 aromatic heterocycles. The van der Waals surface area contributed by atoms with Gasteiger partial charge in [-0.3, -0.25) is 0 Å². The van der Waals surface area contributed by atoms with Crippen LogP contribution in [0.4, 0.5) is 0 Å². The Morgan fingerprint density at radius 2 is 1.78 bits per heavy atom. The Morgan fingerprint density at radius 3 is 2.22 bits per heavy atom. The number of rotatable bonds is 9. The normalized spacial score (nSPS) is 15.1. The predicted octanol–water partition coefficient (Wildman–Crippen LogP) is 5.50. The van der Waals surface area contributed by atoms with Gasteiger partial charge in [0.15, 0.2) is 0 Å². The topological polar surface area (TPSA) is 9.23 Å². The van der Waals surface area contributed by atoms with E-state index >= 15 is 0 Å². The Bertz CT molecular complexity index is 299. The molecule has 0 rings (SSSR count). The van der Waals surface area contributed by atoms with Gasteiger partial charge in [0, 0.05) is 0 Å². The van der Waals surface area contributed by atoms with Crippen LogP contribution in [-0.4, -0.2) is 7.11 Å². The van der Waals surface area contributed by atoms with E-state index in [-0.39, 0.29) is 0 Å². The average molecular weight is 250 g/mol. The fourth-order valence-electron chi connectivity index (χ4n) is 1.90. The van der Waals surface area contributed by atoms with E-state index in [0.717, 1.165) is 12.3 Å². The van der Waals surface area contributed by atoms with Crippen LogP contribution in [0.2, 0.25) is 0 Å². The van der Waals surface area contributed by atoms with E-state index in [0.29, 0.717) is 11.7 Å². The van der Waals surface area contributed by atoms with Crippen LogP contribution >= 0.6 is 0 Å². The summed E-state index contributed by atoms with van der Waals surface area (Å²) in [4.78, 5) is 0. The number of ether oxygens (including phenoxy) is 1. The van der Waals surface area contributed by atoms with Crippen LogP contribution in [0.15, 0.2) is 36.1 Å². The van der Waals surface area contributed by atoms with E-state index in [4.69, 9.17) is 4.74 Å². The van der Waals surface area contributed by atoms with Crippen molar-refractivity contribution in [1.29, 1.82) is 0 Å². The molecular weight excluding hydrogens is 220 g/mol. The van der Waals surface area contributed by atoms with Gasteiger partial charge < -0.3 is 4.74 Å². The van der Waals surface area contributed by atoms with Crippen molar-refractivity contribution in [2.24, 2.45) is 11.8 Å². The third kappa shape index (κ3) is 6.09. The highest BCUT2D eigenvalue weighted by atomic mass is 16.5. The van der Waals surface area contributed by atoms with Crippen LogP contribution in [0, 0.1) is 11.8 Å². The summed E-state index contributed by atoms with van der Waals surface area (Å²) in [5, 5.41) is 0. The van der Waals surface area contributed by atoms with Crippen molar-refractivity contribution in [2.75, 3.05) is 7.11 Å². The van der Waals surface area contributed by atoms with Gasteiger partial charge in [0.2, 0.25) is 0 Å². The monoisotopic (exact) mass is 250 g/mol. The van der Waals surface area contributed by atoms with Crippen molar-refractivity contribution in [1.82, 2.24) is 0 Å². The Kier molecular flexibility index (Phi) is 8.53. The molecule has 0 aliphatic rings. The molecule has 0 aliphatic carbocycles. The van der Waals surface area contributed by atoms with Crippen molar-refractivity contribution in [2.45, 2.75) is 53.4 Å². The molecule has 0 aromatic rings. The predicted molar refractivity (Wildman–Crippen MR) is 81.5 cm³/mol. The fourth-order valence-corrected chi connectivity index (χ4v) is 1.90. The Labute approximate surface area is 114 Å². The molecule has 1 heteroatoms. The molecule has 0 spiro atoms. The maximum absolute atomic E-state index is 5.12. The van der Waals surface area contributed by atoms with Crippen molar-refractivity contribution < 1.29 is 4.74 Å². The second kappa shape index (κ2) is 9.02. The standard InChI is InChI=1S/C17H30O/c1-8-13(3)10-11-14(4)16(6)17(9-2)12-15(5)18-7/h12-14H,5-6,8-11H2,1-4,7H3/b17-12-. The molecule has 0 aliphatic heterocycles. The number of methoxy groups -OCH3 is 1. The molecular formula is C17H30O. The van der Waals surface area contributed by atoms with Crippen LogP contribution in [0.5, 0.6) is 0 Å². The summed E-state index contributed by atoms with van der Waals surface area (Å²) < 4.78 is 5.12. The minimum atomic E-state index is 0.537. The summed E-state index contributed by atoms with van der Waals surface area (Å²) in [6.07, 6.45) is 6.75. The zero-order valence-corrected chi connectivity index (χ0v) is 12.9. The molecule has 0 fully saturated rings. The summed E-state index contributed by atoms with van der Waals surface area (Å²) in [6.45, 7) is 17.1. The van der Waals surface area contributed by atoms with Crippen LogP contribution in [0.25, 0.3) is 0 Å². The summed E-state index contributed by atoms with van der Waals surface area (Å²) in [6, 6.07) is 0. The third-order valence-electron chi connectivity index (χ3n) is 3.78. The highest BCUT2D eigenvalue weighted by Gasteiger charge is 2.12. The van der Waals surface area contributed by atoms with Gasteiger partial charge in [-0.05, 0) is 41.9 Å². The first kappa shape index (κ1) is 17.0. The van der Waals surface area contributed by atoms with E-state index in [1.54, 1.807) is 7.11 Å². The van der Waals surface area contributed by atoms with E-state index in [1.165, 1.54) is 30.4 Å². The molecule has 1 nitrogen and oxygen atoms in total. The average Bonchev–Trinajstić information content (AvgIpc) is 2.40. The Balaban J connectivity index is 4.50. The first-order chi connectivity index (χ1) is 8.46. The quantitative estimate of drug-likeness (QED) is 0.388. The number of allylic oxidation sites excluding steroid dienone is 3. The summed E-state index contributed by atoms with van der Waals surface area (Å²) in [5.41, 5.74) is 2.50. The van der Waals surface area contributed by atoms with Gasteiger partial charge in [-0.1, -0.05) is 53.7 Å². The molecule has 0 heterocycles. The minimum Gasteiger partial charge on any atom is -0.497 e. The number of hydrogen-bond acceptors (Lipinski definition) is 1. The molecule has 0 N–H and O–H groups in total. The summed E-state index contributed by atoms with van der Waals surface area (Å²) >= 11 is 0. The van der Waals surface area contributed by atoms with Gasteiger partial charge in [0.05, 0.1) is 7.11 Å². The molecule has 104 valence electrons. The smallest absolute Gasteiger partial charge is 0.111 e. The molecule has 2 unspecified atom stereocenters. The van der Waals surface area contributed by atoms with Crippen molar-refractivity contribution in [3.8, 4) is 0 Å². The van der Waals surface area contributed by atoms with Crippen LogP contribution in [-0.2, 0) is 4.74 Å². The summed E-state index contributed by atoms with van der Waals surface area (Å²) in [7, 11) is 1.65. The lowest BCUT2D eigenvalue weighted by atomic mass is 9.87. The van der Waals surface area contributed by atoms with Gasteiger partial charge in [-0.15, -0.1) is 0 Å². The summed E-state index contributed by atoms with van der Waals surface area (Å²) in [5.74, 6) is 2.06. The van der Waals surface area contributed by atoms with Crippen molar-refractivity contribution in [3.05, 3.63) is 36.1 Å². The molecule has 0 saturated heterocycles. The van der Waals surface area contributed by atoms with E-state index in [9.17, 15) is 0 Å². The Morgan fingerprint density at radius 1 is 1.17 bits per heavy atom. The zero-order valence-electron chi connectivity index (χ0n) is 12.9. The van der Waals surface area contributed by atoms with Crippen LogP contribution < -0.4 is 0 Å². The molecule has 0 bridgehead atoms. The lowest BCUT2D eigenvalue weighted by molar-refractivity contribution is 0.308. The minimum absolute atomic E-state index is 0.537. The van der Waals surface area contributed by atoms with Gasteiger partial charge in [0.1, 0.15) is 5.76 Å². The largest absolute Gasteiger partial charge is 0.497 e. The first-order valence-corrected chi connectivity index (χ1v) is 7.08. The van der Waals surface area contributed by atoms with E-state index < -0.39 is 0 Å². The van der Waals surface area contributed by atoms with Gasteiger partial charge in [-0.2, -0.15) is 0 Å². The fraction of sp³-hybridized carbons (Fsp3) is 0.647. The second-order valence-electron chi connectivity index (χ2n) is 5.21. The van der Waals surface area contributed by atoms with Gasteiger partial charge in [-0.25, -0.2) is 0 Å². The van der Waals surface area contributed by atoms with Crippen molar-refractivity contribution >= 4 is 0 Å². The first-order valence-electron chi connectivity index (χ1n) is 7.08. The van der Waals surface area contributed by atoms with Crippen molar-refractivity contribution in [3.63, 3.8) is 0 Å². The zero-order chi connectivity index (χ0) is 14.1. The van der Waals surface area contributed by atoms with E-state index in [2.05, 4.69) is 40.9 Å². The third-order valence-corrected chi connectivity index (χ3v) is 3.78. The highest BCUT2D eigenvalue weighted by molar-refractivity contribution is 5.34. The van der Waals surface area contributed by atoms with Gasteiger partial charge in [0.25, 0.3) is 0 Å². The van der Waals surface area contributed by atoms with E-state index in [1.807, 2.05) is 6.08 Å². The second-order valence-corrected chi connectivity index (χ2v) is 5.21. The maximum Gasteiger partial charge on any atom is 0.111 e. The maximum atomic E-state index is 5.12. The highest BCUT2D eigenvalue weighted by Crippen LogP contribution is 2.27. The molecule has 18 heavy (non-hydrogen) atoms. The number of hydrogen-bond donors (Lipinski definition) is 0. The molecule has 2 atom stereocenters. The lowest BCUT2D eigenvalue weighted by Gasteiger charge is -2.19.